The van der Waals surface area contributed by atoms with E-state index in [1.165, 1.54) is 0 Å². The zero-order valence-corrected chi connectivity index (χ0v) is 9.22. The number of ether oxygens (including phenoxy) is 1. The summed E-state index contributed by atoms with van der Waals surface area (Å²) >= 11 is 0. The minimum atomic E-state index is -0.573. The molecule has 82 valence electrons. The molecule has 1 atom stereocenters. The van der Waals surface area contributed by atoms with Crippen molar-refractivity contribution in [3.05, 3.63) is 0 Å². The molecule has 0 saturated carbocycles. The summed E-state index contributed by atoms with van der Waals surface area (Å²) in [7, 11) is 0. The number of carbonyl (C=O) groups excluding carboxylic acids is 1. The van der Waals surface area contributed by atoms with Crippen LogP contribution >= 0.6 is 0 Å². The van der Waals surface area contributed by atoms with Gasteiger partial charge in [-0.15, -0.1) is 0 Å². The molecule has 1 fully saturated rings. The Morgan fingerprint density at radius 1 is 1.57 bits per heavy atom. The highest BCUT2D eigenvalue weighted by atomic mass is 16.5. The van der Waals surface area contributed by atoms with Crippen molar-refractivity contribution < 1.29 is 9.53 Å². The number of hydrogen-bond donors (Lipinski definition) is 2. The zero-order chi connectivity index (χ0) is 10.8. The van der Waals surface area contributed by atoms with E-state index >= 15 is 0 Å². The first-order valence-electron chi connectivity index (χ1n) is 5.11. The molecule has 1 unspecified atom stereocenters. The van der Waals surface area contributed by atoms with Crippen molar-refractivity contribution in [2.45, 2.75) is 44.8 Å². The van der Waals surface area contributed by atoms with E-state index in [4.69, 9.17) is 10.5 Å². The van der Waals surface area contributed by atoms with Gasteiger partial charge < -0.3 is 15.8 Å². The highest BCUT2D eigenvalue weighted by Crippen LogP contribution is 2.31. The summed E-state index contributed by atoms with van der Waals surface area (Å²) in [5.74, 6) is -0.268. The summed E-state index contributed by atoms with van der Waals surface area (Å²) in [6.45, 7) is 7.29. The summed E-state index contributed by atoms with van der Waals surface area (Å²) in [6.07, 6.45) is 1.31. The minimum absolute atomic E-state index is 0.268. The van der Waals surface area contributed by atoms with Crippen LogP contribution in [-0.4, -0.2) is 30.2 Å². The standard InChI is InChI=1S/C10H20N2O2/c1-4-12-10(8(11)13)5-6-14-9(2,3)7-10/h12H,4-7H2,1-3H3,(H2,11,13). The van der Waals surface area contributed by atoms with Gasteiger partial charge in [-0.3, -0.25) is 4.79 Å². The monoisotopic (exact) mass is 200 g/mol. The fraction of sp³-hybridized carbons (Fsp3) is 0.900. The molecule has 14 heavy (non-hydrogen) atoms. The SMILES string of the molecule is CCNC1(C(N)=O)CCOC(C)(C)C1. The smallest absolute Gasteiger partial charge is 0.237 e. The van der Waals surface area contributed by atoms with E-state index < -0.39 is 5.54 Å². The second-order valence-electron chi connectivity index (χ2n) is 4.51. The van der Waals surface area contributed by atoms with E-state index in [0.717, 1.165) is 6.54 Å². The Kier molecular flexibility index (Phi) is 3.17. The average Bonchev–Trinajstić information content (AvgIpc) is 2.02. The van der Waals surface area contributed by atoms with E-state index in [0.29, 0.717) is 19.4 Å². The Morgan fingerprint density at radius 3 is 2.64 bits per heavy atom. The molecule has 4 nitrogen and oxygen atoms in total. The molecule has 1 amide bonds. The van der Waals surface area contributed by atoms with Gasteiger partial charge in [0, 0.05) is 13.0 Å². The van der Waals surface area contributed by atoms with Crippen molar-refractivity contribution >= 4 is 5.91 Å². The Morgan fingerprint density at radius 2 is 2.21 bits per heavy atom. The van der Waals surface area contributed by atoms with Crippen LogP contribution in [0.3, 0.4) is 0 Å². The predicted molar refractivity (Wildman–Crippen MR) is 54.9 cm³/mol. The number of nitrogens with two attached hydrogens (primary N) is 1. The molecule has 1 saturated heterocycles. The molecule has 0 aliphatic carbocycles. The molecular formula is C10H20N2O2. The lowest BCUT2D eigenvalue weighted by Gasteiger charge is -2.43. The average molecular weight is 200 g/mol. The molecule has 0 aromatic carbocycles. The molecule has 0 radical (unpaired) electrons. The van der Waals surface area contributed by atoms with Gasteiger partial charge in [0.05, 0.1) is 5.60 Å². The van der Waals surface area contributed by atoms with Gasteiger partial charge in [-0.2, -0.15) is 0 Å². The van der Waals surface area contributed by atoms with Crippen molar-refractivity contribution in [3.63, 3.8) is 0 Å². The van der Waals surface area contributed by atoms with Gasteiger partial charge in [0.25, 0.3) is 0 Å². The van der Waals surface area contributed by atoms with Crippen LogP contribution in [0.1, 0.15) is 33.6 Å². The third kappa shape index (κ3) is 2.25. The van der Waals surface area contributed by atoms with Crippen molar-refractivity contribution in [3.8, 4) is 0 Å². The molecule has 1 rings (SSSR count). The van der Waals surface area contributed by atoms with Crippen LogP contribution in [0.25, 0.3) is 0 Å². The van der Waals surface area contributed by atoms with Gasteiger partial charge in [-0.25, -0.2) is 0 Å². The molecule has 0 bridgehead atoms. The van der Waals surface area contributed by atoms with E-state index in [9.17, 15) is 4.79 Å². The fourth-order valence-electron chi connectivity index (χ4n) is 2.15. The number of primary amides is 1. The highest BCUT2D eigenvalue weighted by molar-refractivity contribution is 5.85. The fourth-order valence-corrected chi connectivity index (χ4v) is 2.15. The summed E-state index contributed by atoms with van der Waals surface area (Å²) in [6, 6.07) is 0. The summed E-state index contributed by atoms with van der Waals surface area (Å²) in [5, 5.41) is 3.20. The number of likely N-dealkylation sites (N-methyl/N-ethyl adjacent to an activating group) is 1. The Hall–Kier alpha value is -0.610. The first kappa shape index (κ1) is 11.5. The van der Waals surface area contributed by atoms with Gasteiger partial charge in [0.15, 0.2) is 0 Å². The second kappa shape index (κ2) is 3.87. The van der Waals surface area contributed by atoms with Gasteiger partial charge >= 0.3 is 0 Å². The number of nitrogens with one attached hydrogen (secondary N) is 1. The molecule has 4 heteroatoms. The van der Waals surface area contributed by atoms with Crippen molar-refractivity contribution in [1.82, 2.24) is 5.32 Å². The molecule has 1 aliphatic heterocycles. The first-order valence-corrected chi connectivity index (χ1v) is 5.11. The van der Waals surface area contributed by atoms with Crippen molar-refractivity contribution in [2.75, 3.05) is 13.2 Å². The maximum absolute atomic E-state index is 11.5. The van der Waals surface area contributed by atoms with Gasteiger partial charge in [-0.05, 0) is 26.8 Å². The quantitative estimate of drug-likeness (QED) is 0.693. The molecule has 1 heterocycles. The van der Waals surface area contributed by atoms with Gasteiger partial charge in [0.1, 0.15) is 5.54 Å². The normalized spacial score (nSPS) is 31.4. The topological polar surface area (TPSA) is 64.3 Å². The molecule has 0 spiro atoms. The summed E-state index contributed by atoms with van der Waals surface area (Å²) in [5.41, 5.74) is 4.61. The maximum atomic E-state index is 11.5. The van der Waals surface area contributed by atoms with Gasteiger partial charge in [-0.1, -0.05) is 6.92 Å². The van der Waals surface area contributed by atoms with E-state index in [1.54, 1.807) is 0 Å². The minimum Gasteiger partial charge on any atom is -0.375 e. The van der Waals surface area contributed by atoms with Crippen LogP contribution in [0.5, 0.6) is 0 Å². The second-order valence-corrected chi connectivity index (χ2v) is 4.51. The van der Waals surface area contributed by atoms with Crippen LogP contribution in [0.15, 0.2) is 0 Å². The third-order valence-electron chi connectivity index (χ3n) is 2.74. The molecule has 0 aromatic rings. The summed E-state index contributed by atoms with van der Waals surface area (Å²) in [4.78, 5) is 11.5. The maximum Gasteiger partial charge on any atom is 0.237 e. The van der Waals surface area contributed by atoms with Crippen LogP contribution in [0.2, 0.25) is 0 Å². The van der Waals surface area contributed by atoms with E-state index in [1.807, 2.05) is 20.8 Å². The number of amides is 1. The Labute approximate surface area is 85.2 Å². The van der Waals surface area contributed by atoms with Crippen LogP contribution in [-0.2, 0) is 9.53 Å². The molecule has 0 aromatic heterocycles. The van der Waals surface area contributed by atoms with Crippen LogP contribution in [0, 0.1) is 0 Å². The van der Waals surface area contributed by atoms with E-state index in [-0.39, 0.29) is 11.5 Å². The van der Waals surface area contributed by atoms with E-state index in [2.05, 4.69) is 5.32 Å². The van der Waals surface area contributed by atoms with Gasteiger partial charge in [0.2, 0.25) is 5.91 Å². The summed E-state index contributed by atoms with van der Waals surface area (Å²) < 4.78 is 5.57. The largest absolute Gasteiger partial charge is 0.375 e. The Bertz CT molecular complexity index is 224. The molecule has 3 N–H and O–H groups in total. The van der Waals surface area contributed by atoms with Crippen LogP contribution in [0.4, 0.5) is 0 Å². The lowest BCUT2D eigenvalue weighted by molar-refractivity contribution is -0.138. The van der Waals surface area contributed by atoms with Crippen molar-refractivity contribution in [1.29, 1.82) is 0 Å². The third-order valence-corrected chi connectivity index (χ3v) is 2.74. The number of rotatable bonds is 3. The lowest BCUT2D eigenvalue weighted by Crippen LogP contribution is -2.61. The van der Waals surface area contributed by atoms with Crippen LogP contribution < -0.4 is 11.1 Å². The lowest BCUT2D eigenvalue weighted by atomic mass is 9.80. The zero-order valence-electron chi connectivity index (χ0n) is 9.22. The predicted octanol–water partition coefficient (Wildman–Crippen LogP) is 0.409. The highest BCUT2D eigenvalue weighted by Gasteiger charge is 2.44. The number of hydrogen-bond acceptors (Lipinski definition) is 3. The van der Waals surface area contributed by atoms with Crippen molar-refractivity contribution in [2.24, 2.45) is 5.73 Å². The molecule has 1 aliphatic rings. The molecular weight excluding hydrogens is 180 g/mol. The Balaban J connectivity index is 2.82. The number of carbonyl (C=O) groups is 1. The first-order chi connectivity index (χ1) is 6.42.